The normalized spacial score (nSPS) is 15.7. The molecule has 6 heteroatoms. The molecule has 0 unspecified atom stereocenters. The fraction of sp³-hybridized carbons (Fsp3) is 0.444. The molecule has 0 radical (unpaired) electrons. The molecule has 0 spiro atoms. The second-order valence-electron chi connectivity index (χ2n) is 6.06. The van der Waals surface area contributed by atoms with Gasteiger partial charge in [0.25, 0.3) is 5.91 Å². The standard InChI is InChI=1S/C18H23N3OS2/c1-3-14-16(24-18(19)20-14)17(22)21-10-8-13(9-11-21)23-15-7-5-4-6-12(15)2/h4-7,13H,3,8-11H2,1-2H3,(H2,19,20). The minimum Gasteiger partial charge on any atom is -0.375 e. The number of rotatable bonds is 4. The van der Waals surface area contributed by atoms with Gasteiger partial charge in [0.1, 0.15) is 4.88 Å². The second-order valence-corrected chi connectivity index (χ2v) is 8.43. The van der Waals surface area contributed by atoms with E-state index in [2.05, 4.69) is 36.2 Å². The number of nitrogens with zero attached hydrogens (tertiary/aromatic N) is 2. The van der Waals surface area contributed by atoms with Gasteiger partial charge in [0, 0.05) is 23.2 Å². The van der Waals surface area contributed by atoms with Crippen molar-refractivity contribution in [3.8, 4) is 0 Å². The number of thioether (sulfide) groups is 1. The van der Waals surface area contributed by atoms with E-state index in [1.807, 2.05) is 23.6 Å². The van der Waals surface area contributed by atoms with Crippen LogP contribution in [0.3, 0.4) is 0 Å². The predicted molar refractivity (Wildman–Crippen MR) is 102 cm³/mol. The molecule has 2 N–H and O–H groups in total. The number of thiazole rings is 1. The van der Waals surface area contributed by atoms with Gasteiger partial charge >= 0.3 is 0 Å². The summed E-state index contributed by atoms with van der Waals surface area (Å²) in [4.78, 5) is 21.1. The molecule has 1 aromatic carbocycles. The van der Waals surface area contributed by atoms with Crippen molar-refractivity contribution in [1.29, 1.82) is 0 Å². The molecule has 0 saturated carbocycles. The van der Waals surface area contributed by atoms with Gasteiger partial charge in [0.2, 0.25) is 0 Å². The Morgan fingerprint density at radius 1 is 1.38 bits per heavy atom. The Morgan fingerprint density at radius 3 is 2.75 bits per heavy atom. The van der Waals surface area contributed by atoms with E-state index in [-0.39, 0.29) is 5.91 Å². The van der Waals surface area contributed by atoms with Crippen LogP contribution >= 0.6 is 23.1 Å². The number of carbonyl (C=O) groups excluding carboxylic acids is 1. The van der Waals surface area contributed by atoms with Gasteiger partial charge in [0.05, 0.1) is 5.69 Å². The zero-order valence-electron chi connectivity index (χ0n) is 14.1. The zero-order chi connectivity index (χ0) is 17.1. The third kappa shape index (κ3) is 3.75. The molecule has 2 heterocycles. The summed E-state index contributed by atoms with van der Waals surface area (Å²) in [5, 5.41) is 1.06. The smallest absolute Gasteiger partial charge is 0.265 e. The van der Waals surface area contributed by atoms with Crippen LogP contribution in [0.15, 0.2) is 29.2 Å². The minimum atomic E-state index is 0.0976. The summed E-state index contributed by atoms with van der Waals surface area (Å²) in [5.74, 6) is 0.0976. The maximum atomic E-state index is 12.7. The van der Waals surface area contributed by atoms with E-state index in [0.29, 0.717) is 10.4 Å². The first-order valence-corrected chi connectivity index (χ1v) is 10.0. The van der Waals surface area contributed by atoms with Gasteiger partial charge < -0.3 is 10.6 Å². The molecular formula is C18H23N3OS2. The molecule has 1 fully saturated rings. The fourth-order valence-electron chi connectivity index (χ4n) is 2.97. The van der Waals surface area contributed by atoms with Crippen LogP contribution in [0.25, 0.3) is 0 Å². The van der Waals surface area contributed by atoms with Crippen LogP contribution in [0.1, 0.15) is 40.7 Å². The van der Waals surface area contributed by atoms with Crippen molar-refractivity contribution >= 4 is 34.1 Å². The molecule has 1 aromatic heterocycles. The lowest BCUT2D eigenvalue weighted by molar-refractivity contribution is 0.0731. The Bertz CT molecular complexity index is 721. The van der Waals surface area contributed by atoms with Gasteiger partial charge in [-0.05, 0) is 37.8 Å². The molecule has 24 heavy (non-hydrogen) atoms. The lowest BCUT2D eigenvalue weighted by atomic mass is 10.1. The number of amides is 1. The number of piperidine rings is 1. The Labute approximate surface area is 151 Å². The molecule has 1 aliphatic heterocycles. The lowest BCUT2D eigenvalue weighted by Crippen LogP contribution is -2.39. The molecule has 3 rings (SSSR count). The second kappa shape index (κ2) is 7.57. The first kappa shape index (κ1) is 17.3. The Balaban J connectivity index is 1.60. The molecule has 0 bridgehead atoms. The van der Waals surface area contributed by atoms with E-state index in [4.69, 9.17) is 5.73 Å². The fourth-order valence-corrected chi connectivity index (χ4v) is 5.07. The average molecular weight is 362 g/mol. The summed E-state index contributed by atoms with van der Waals surface area (Å²) in [6, 6.07) is 8.51. The maximum absolute atomic E-state index is 12.7. The first-order chi connectivity index (χ1) is 11.6. The summed E-state index contributed by atoms with van der Waals surface area (Å²) < 4.78 is 0. The molecule has 4 nitrogen and oxygen atoms in total. The Morgan fingerprint density at radius 2 is 2.08 bits per heavy atom. The van der Waals surface area contributed by atoms with Crippen LogP contribution in [0, 0.1) is 6.92 Å². The number of aromatic nitrogens is 1. The summed E-state index contributed by atoms with van der Waals surface area (Å²) in [6.45, 7) is 5.78. The number of nitrogens with two attached hydrogens (primary N) is 1. The van der Waals surface area contributed by atoms with Crippen LogP contribution in [0.5, 0.6) is 0 Å². The van der Waals surface area contributed by atoms with Crippen molar-refractivity contribution < 1.29 is 4.79 Å². The summed E-state index contributed by atoms with van der Waals surface area (Å²) in [5.41, 5.74) is 7.94. The highest BCUT2D eigenvalue weighted by atomic mass is 32.2. The van der Waals surface area contributed by atoms with Crippen molar-refractivity contribution in [2.24, 2.45) is 0 Å². The van der Waals surface area contributed by atoms with Crippen LogP contribution in [-0.4, -0.2) is 34.1 Å². The number of benzene rings is 1. The Kier molecular flexibility index (Phi) is 5.46. The monoisotopic (exact) mass is 361 g/mol. The van der Waals surface area contributed by atoms with Crippen molar-refractivity contribution in [1.82, 2.24) is 9.88 Å². The zero-order valence-corrected chi connectivity index (χ0v) is 15.8. The van der Waals surface area contributed by atoms with Crippen LogP contribution < -0.4 is 5.73 Å². The highest BCUT2D eigenvalue weighted by Gasteiger charge is 2.27. The summed E-state index contributed by atoms with van der Waals surface area (Å²) >= 11 is 3.26. The van der Waals surface area contributed by atoms with Crippen LogP contribution in [0.2, 0.25) is 0 Å². The molecule has 0 aliphatic carbocycles. The first-order valence-electron chi connectivity index (χ1n) is 8.35. The van der Waals surface area contributed by atoms with E-state index in [9.17, 15) is 4.79 Å². The van der Waals surface area contributed by atoms with E-state index < -0.39 is 0 Å². The number of nitrogen functional groups attached to an aromatic ring is 1. The van der Waals surface area contributed by atoms with E-state index >= 15 is 0 Å². The molecule has 128 valence electrons. The largest absolute Gasteiger partial charge is 0.375 e. The SMILES string of the molecule is CCc1nc(N)sc1C(=O)N1CCC(Sc2ccccc2C)CC1. The number of hydrogen-bond acceptors (Lipinski definition) is 5. The maximum Gasteiger partial charge on any atom is 0.265 e. The summed E-state index contributed by atoms with van der Waals surface area (Å²) in [7, 11) is 0. The topological polar surface area (TPSA) is 59.2 Å². The number of carbonyl (C=O) groups is 1. The Hall–Kier alpha value is -1.53. The van der Waals surface area contributed by atoms with Gasteiger partial charge in [-0.25, -0.2) is 4.98 Å². The lowest BCUT2D eigenvalue weighted by Gasteiger charge is -2.31. The van der Waals surface area contributed by atoms with E-state index in [1.54, 1.807) is 0 Å². The van der Waals surface area contributed by atoms with Gasteiger partial charge in [-0.2, -0.15) is 0 Å². The molecule has 1 saturated heterocycles. The quantitative estimate of drug-likeness (QED) is 0.894. The minimum absolute atomic E-state index is 0.0976. The summed E-state index contributed by atoms with van der Waals surface area (Å²) in [6.07, 6.45) is 2.80. The number of likely N-dealkylation sites (tertiary alicyclic amines) is 1. The van der Waals surface area contributed by atoms with Crippen molar-refractivity contribution in [2.75, 3.05) is 18.8 Å². The van der Waals surface area contributed by atoms with Crippen molar-refractivity contribution in [2.45, 2.75) is 43.3 Å². The van der Waals surface area contributed by atoms with Gasteiger partial charge in [-0.1, -0.05) is 36.5 Å². The average Bonchev–Trinajstić information content (AvgIpc) is 2.98. The van der Waals surface area contributed by atoms with E-state index in [1.165, 1.54) is 21.8 Å². The number of hydrogen-bond donors (Lipinski definition) is 1. The number of aryl methyl sites for hydroxylation is 2. The van der Waals surface area contributed by atoms with Crippen LogP contribution in [-0.2, 0) is 6.42 Å². The molecule has 2 aromatic rings. The molecular weight excluding hydrogens is 338 g/mol. The third-order valence-corrected chi connectivity index (χ3v) is 6.79. The highest BCUT2D eigenvalue weighted by Crippen LogP contribution is 2.33. The third-order valence-electron chi connectivity index (χ3n) is 4.36. The molecule has 1 aliphatic rings. The predicted octanol–water partition coefficient (Wildman–Crippen LogP) is 3.99. The van der Waals surface area contributed by atoms with E-state index in [0.717, 1.165) is 42.9 Å². The van der Waals surface area contributed by atoms with Crippen LogP contribution in [0.4, 0.5) is 5.13 Å². The highest BCUT2D eigenvalue weighted by molar-refractivity contribution is 8.00. The van der Waals surface area contributed by atoms with Gasteiger partial charge in [-0.3, -0.25) is 4.79 Å². The van der Waals surface area contributed by atoms with Gasteiger partial charge in [0.15, 0.2) is 5.13 Å². The number of anilines is 1. The van der Waals surface area contributed by atoms with Gasteiger partial charge in [-0.15, -0.1) is 11.8 Å². The van der Waals surface area contributed by atoms with Crippen molar-refractivity contribution in [3.63, 3.8) is 0 Å². The molecule has 0 atom stereocenters. The molecule has 1 amide bonds. The van der Waals surface area contributed by atoms with Crippen molar-refractivity contribution in [3.05, 3.63) is 40.4 Å².